The van der Waals surface area contributed by atoms with Crippen LogP contribution >= 0.6 is 11.8 Å². The molecule has 2 aliphatic rings. The highest BCUT2D eigenvalue weighted by Gasteiger charge is 2.46. The first-order valence-electron chi connectivity index (χ1n) is 17.1. The largest absolute Gasteiger partial charge is 0.471 e. The highest BCUT2D eigenvalue weighted by atomic mass is 32.2. The second-order valence-electron chi connectivity index (χ2n) is 13.2. The smallest absolute Gasteiger partial charge is 0.290 e. The van der Waals surface area contributed by atoms with Crippen molar-refractivity contribution in [1.29, 1.82) is 0 Å². The van der Waals surface area contributed by atoms with Crippen LogP contribution < -0.4 is 38.1 Å². The molecule has 4 heterocycles. The van der Waals surface area contributed by atoms with Crippen LogP contribution in [0, 0.1) is 0 Å². The second kappa shape index (κ2) is 10.8. The van der Waals surface area contributed by atoms with Crippen LogP contribution in [0.15, 0.2) is 182 Å². The van der Waals surface area contributed by atoms with E-state index in [4.69, 9.17) is 8.83 Å². The monoisotopic (exact) mass is 655 g/mol. The maximum absolute atomic E-state index is 6.96. The van der Waals surface area contributed by atoms with E-state index in [-0.39, 0.29) is 13.4 Å². The standard InChI is InChI=1S/C44H27B2NO2S/c1-2-12-29-27-31(22-21-28(29)11-1)46-42-34-14-4-8-18-38(34)48-43(42)45(41-33-13-3-7-17-37(33)49-44(41)46)30-23-25-32(26-24-30)47-35-15-5-9-19-39(35)50-40-20-10-6-16-36(40)47/h1-27H. The number of anilines is 3. The first-order valence-corrected chi connectivity index (χ1v) is 17.9. The summed E-state index contributed by atoms with van der Waals surface area (Å²) in [6, 6.07) is 58.7. The third-order valence-corrected chi connectivity index (χ3v) is 11.6. The van der Waals surface area contributed by atoms with Gasteiger partial charge in [0.2, 0.25) is 0 Å². The Balaban J connectivity index is 1.13. The molecule has 3 nitrogen and oxygen atoms in total. The van der Waals surface area contributed by atoms with E-state index in [0.717, 1.165) is 38.9 Å². The lowest BCUT2D eigenvalue weighted by Gasteiger charge is -2.33. The molecule has 0 radical (unpaired) electrons. The number of rotatable bonds is 3. The molecule has 2 aromatic heterocycles. The molecule has 232 valence electrons. The third kappa shape index (κ3) is 4.09. The average Bonchev–Trinajstić information content (AvgIpc) is 3.75. The van der Waals surface area contributed by atoms with Gasteiger partial charge in [0.25, 0.3) is 13.4 Å². The normalized spacial score (nSPS) is 13.4. The predicted molar refractivity (Wildman–Crippen MR) is 211 cm³/mol. The lowest BCUT2D eigenvalue weighted by atomic mass is 9.24. The van der Waals surface area contributed by atoms with Gasteiger partial charge in [-0.05, 0) is 70.2 Å². The zero-order valence-corrected chi connectivity index (χ0v) is 27.7. The first-order chi connectivity index (χ1) is 24.8. The Kier molecular flexibility index (Phi) is 6.07. The van der Waals surface area contributed by atoms with Crippen LogP contribution in [0.5, 0.6) is 0 Å². The maximum atomic E-state index is 6.96. The molecule has 2 aliphatic heterocycles. The quantitative estimate of drug-likeness (QED) is 0.183. The number of benzene rings is 7. The van der Waals surface area contributed by atoms with Crippen LogP contribution in [0.4, 0.5) is 17.1 Å². The predicted octanol–water partition coefficient (Wildman–Crippen LogP) is 7.61. The number of fused-ring (bicyclic) bond motifs is 9. The molecule has 6 heteroatoms. The summed E-state index contributed by atoms with van der Waals surface area (Å²) in [4.78, 5) is 4.89. The lowest BCUT2D eigenvalue weighted by Crippen LogP contribution is -2.73. The number of hydrogen-bond acceptors (Lipinski definition) is 4. The number of furan rings is 2. The van der Waals surface area contributed by atoms with Crippen molar-refractivity contribution in [3.05, 3.63) is 164 Å². The van der Waals surface area contributed by atoms with Gasteiger partial charge in [-0.25, -0.2) is 0 Å². The van der Waals surface area contributed by atoms with Gasteiger partial charge in [-0.3, -0.25) is 0 Å². The van der Waals surface area contributed by atoms with Crippen LogP contribution in [-0.2, 0) is 0 Å². The maximum Gasteiger partial charge on any atom is 0.290 e. The Labute approximate surface area is 294 Å². The minimum absolute atomic E-state index is 0.116. The summed E-state index contributed by atoms with van der Waals surface area (Å²) < 4.78 is 13.9. The van der Waals surface area contributed by atoms with Crippen LogP contribution in [0.3, 0.4) is 0 Å². The van der Waals surface area contributed by atoms with Gasteiger partial charge in [0, 0.05) is 26.3 Å². The van der Waals surface area contributed by atoms with Crippen LogP contribution in [0.25, 0.3) is 32.7 Å². The van der Waals surface area contributed by atoms with Crippen LogP contribution in [-0.4, -0.2) is 13.4 Å². The Bertz CT molecular complexity index is 2730. The molecule has 0 bridgehead atoms. The minimum atomic E-state index is -0.140. The van der Waals surface area contributed by atoms with Crippen molar-refractivity contribution in [2.24, 2.45) is 0 Å². The van der Waals surface area contributed by atoms with E-state index in [1.165, 1.54) is 53.8 Å². The summed E-state index contributed by atoms with van der Waals surface area (Å²) >= 11 is 1.83. The van der Waals surface area contributed by atoms with E-state index < -0.39 is 0 Å². The van der Waals surface area contributed by atoms with Crippen molar-refractivity contribution in [2.75, 3.05) is 4.90 Å². The van der Waals surface area contributed by atoms with Gasteiger partial charge in [-0.2, -0.15) is 0 Å². The van der Waals surface area contributed by atoms with Gasteiger partial charge in [0.1, 0.15) is 11.2 Å². The fraction of sp³-hybridized carbons (Fsp3) is 0. The van der Waals surface area contributed by atoms with Gasteiger partial charge in [-0.1, -0.05) is 138 Å². The summed E-state index contributed by atoms with van der Waals surface area (Å²) in [5.41, 5.74) is 12.0. The second-order valence-corrected chi connectivity index (χ2v) is 14.3. The zero-order chi connectivity index (χ0) is 32.8. The zero-order valence-electron chi connectivity index (χ0n) is 26.9. The Hall–Kier alpha value is -5.84. The molecule has 0 N–H and O–H groups in total. The molecule has 0 saturated carbocycles. The Morgan fingerprint density at radius 1 is 0.440 bits per heavy atom. The Morgan fingerprint density at radius 3 is 1.58 bits per heavy atom. The van der Waals surface area contributed by atoms with Crippen LogP contribution in [0.2, 0.25) is 0 Å². The third-order valence-electron chi connectivity index (χ3n) is 10.5. The highest BCUT2D eigenvalue weighted by molar-refractivity contribution is 7.99. The molecule has 0 spiro atoms. The molecule has 7 aromatic carbocycles. The average molecular weight is 655 g/mol. The summed E-state index contributed by atoms with van der Waals surface area (Å²) in [5, 5.41) is 4.70. The summed E-state index contributed by atoms with van der Waals surface area (Å²) in [7, 11) is 0. The molecule has 50 heavy (non-hydrogen) atoms. The SMILES string of the molecule is c1ccc2c(c1)Sc1ccccc1N2c1ccc(B2c3oc4ccccc4c3B(c3ccc4ccccc4c3)c3oc4ccccc4c32)cc1. The number of hydrogen-bond donors (Lipinski definition) is 0. The van der Waals surface area contributed by atoms with Crippen molar-refractivity contribution in [3.8, 4) is 0 Å². The molecular formula is C44H27B2NO2S. The topological polar surface area (TPSA) is 29.5 Å². The molecule has 0 atom stereocenters. The molecule has 0 amide bonds. The first kappa shape index (κ1) is 28.0. The van der Waals surface area contributed by atoms with E-state index in [9.17, 15) is 0 Å². The van der Waals surface area contributed by atoms with Crippen molar-refractivity contribution in [3.63, 3.8) is 0 Å². The van der Waals surface area contributed by atoms with Gasteiger partial charge >= 0.3 is 0 Å². The lowest BCUT2D eigenvalue weighted by molar-refractivity contribution is 0.647. The molecule has 0 unspecified atom stereocenters. The van der Waals surface area contributed by atoms with Gasteiger partial charge in [-0.15, -0.1) is 0 Å². The van der Waals surface area contributed by atoms with E-state index in [2.05, 4.69) is 169 Å². The molecule has 0 fully saturated rings. The summed E-state index contributed by atoms with van der Waals surface area (Å²) in [6.45, 7) is -0.256. The van der Waals surface area contributed by atoms with E-state index in [1.807, 2.05) is 11.8 Å². The summed E-state index contributed by atoms with van der Waals surface area (Å²) in [5.74, 6) is 0. The highest BCUT2D eigenvalue weighted by Crippen LogP contribution is 2.50. The fourth-order valence-corrected chi connectivity index (χ4v) is 9.34. The van der Waals surface area contributed by atoms with Crippen molar-refractivity contribution < 1.29 is 8.83 Å². The van der Waals surface area contributed by atoms with Gasteiger partial charge in [0.15, 0.2) is 0 Å². The van der Waals surface area contributed by atoms with E-state index >= 15 is 0 Å². The minimum Gasteiger partial charge on any atom is -0.471 e. The van der Waals surface area contributed by atoms with Gasteiger partial charge in [0.05, 0.1) is 22.7 Å². The number of para-hydroxylation sites is 4. The molecular weight excluding hydrogens is 628 g/mol. The summed E-state index contributed by atoms with van der Waals surface area (Å²) in [6.07, 6.45) is 0. The Morgan fingerprint density at radius 2 is 0.940 bits per heavy atom. The van der Waals surface area contributed by atoms with Crippen molar-refractivity contribution in [2.45, 2.75) is 9.79 Å². The molecule has 11 rings (SSSR count). The van der Waals surface area contributed by atoms with Crippen LogP contribution in [0.1, 0.15) is 0 Å². The number of nitrogens with zero attached hydrogens (tertiary/aromatic N) is 1. The van der Waals surface area contributed by atoms with E-state index in [0.29, 0.717) is 0 Å². The van der Waals surface area contributed by atoms with Crippen molar-refractivity contribution in [1.82, 2.24) is 0 Å². The molecule has 0 aliphatic carbocycles. The van der Waals surface area contributed by atoms with Crippen molar-refractivity contribution >= 4 is 108 Å². The fourth-order valence-electron chi connectivity index (χ4n) is 8.28. The van der Waals surface area contributed by atoms with E-state index in [1.54, 1.807) is 0 Å². The molecule has 9 aromatic rings. The molecule has 0 saturated heterocycles. The van der Waals surface area contributed by atoms with Gasteiger partial charge < -0.3 is 13.7 Å².